The van der Waals surface area contributed by atoms with Crippen molar-refractivity contribution in [1.82, 2.24) is 4.90 Å². The molecule has 0 fully saturated rings. The van der Waals surface area contributed by atoms with Gasteiger partial charge in [0.05, 0.1) is 10.6 Å². The fourth-order valence-electron chi connectivity index (χ4n) is 1.98. The molecule has 5 nitrogen and oxygen atoms in total. The molecule has 22 heavy (non-hydrogen) atoms. The number of amides is 1. The van der Waals surface area contributed by atoms with Crippen LogP contribution < -0.4 is 4.31 Å². The minimum atomic E-state index is -3.71. The van der Waals surface area contributed by atoms with Crippen LogP contribution in [-0.4, -0.2) is 40.4 Å². The summed E-state index contributed by atoms with van der Waals surface area (Å²) in [5, 5.41) is 0. The van der Waals surface area contributed by atoms with Crippen LogP contribution in [0.1, 0.15) is 10.4 Å². The van der Waals surface area contributed by atoms with Crippen molar-refractivity contribution < 1.29 is 13.2 Å². The van der Waals surface area contributed by atoms with Crippen LogP contribution in [0.5, 0.6) is 0 Å². The molecular formula is C16H18N2O3S. The molecule has 0 heterocycles. The molecule has 0 aliphatic rings. The number of nitrogens with zero attached hydrogens (tertiary/aromatic N) is 2. The van der Waals surface area contributed by atoms with E-state index >= 15 is 0 Å². The van der Waals surface area contributed by atoms with Crippen LogP contribution in [0.2, 0.25) is 0 Å². The van der Waals surface area contributed by atoms with E-state index in [4.69, 9.17) is 0 Å². The summed E-state index contributed by atoms with van der Waals surface area (Å²) < 4.78 is 26.6. The van der Waals surface area contributed by atoms with Crippen molar-refractivity contribution in [3.05, 3.63) is 60.2 Å². The van der Waals surface area contributed by atoms with Gasteiger partial charge in [0.1, 0.15) is 0 Å². The fraction of sp³-hybridized carbons (Fsp3) is 0.188. The van der Waals surface area contributed by atoms with Gasteiger partial charge in [-0.2, -0.15) is 0 Å². The first-order chi connectivity index (χ1) is 10.3. The Bertz CT molecular complexity index is 771. The van der Waals surface area contributed by atoms with Gasteiger partial charge in [-0.1, -0.05) is 24.3 Å². The van der Waals surface area contributed by atoms with Crippen LogP contribution in [0.4, 0.5) is 5.69 Å². The molecule has 2 rings (SSSR count). The summed E-state index contributed by atoms with van der Waals surface area (Å²) in [6.07, 6.45) is 0. The highest BCUT2D eigenvalue weighted by Gasteiger charge is 2.22. The lowest BCUT2D eigenvalue weighted by molar-refractivity contribution is 0.0827. The predicted octanol–water partition coefficient (Wildman–Crippen LogP) is 2.21. The Morgan fingerprint density at radius 2 is 1.55 bits per heavy atom. The average molecular weight is 318 g/mol. The minimum Gasteiger partial charge on any atom is -0.345 e. The summed E-state index contributed by atoms with van der Waals surface area (Å²) in [7, 11) is 1.03. The van der Waals surface area contributed by atoms with E-state index in [2.05, 4.69) is 0 Å². The van der Waals surface area contributed by atoms with E-state index in [-0.39, 0.29) is 10.8 Å². The zero-order chi connectivity index (χ0) is 16.3. The van der Waals surface area contributed by atoms with Gasteiger partial charge in [0.2, 0.25) is 0 Å². The molecule has 0 aromatic heterocycles. The second-order valence-electron chi connectivity index (χ2n) is 5.04. The summed E-state index contributed by atoms with van der Waals surface area (Å²) in [4.78, 5) is 13.5. The van der Waals surface area contributed by atoms with Crippen molar-refractivity contribution in [2.24, 2.45) is 0 Å². The number of rotatable bonds is 4. The first kappa shape index (κ1) is 16.0. The molecule has 0 spiro atoms. The summed E-state index contributed by atoms with van der Waals surface area (Å²) in [6.45, 7) is 0. The molecule has 0 saturated carbocycles. The molecular weight excluding hydrogens is 300 g/mol. The summed E-state index contributed by atoms with van der Waals surface area (Å²) in [6, 6.07) is 14.9. The van der Waals surface area contributed by atoms with Crippen LogP contribution in [-0.2, 0) is 10.0 Å². The standard InChI is InChI=1S/C16H18N2O3S/c1-17(2)16(19)13-8-7-11-15(12-13)22(20,21)18(3)14-9-5-4-6-10-14/h4-12H,1-3H3. The molecule has 0 unspecified atom stereocenters. The lowest BCUT2D eigenvalue weighted by Gasteiger charge is -2.20. The SMILES string of the molecule is CN(C)C(=O)c1cccc(S(=O)(=O)N(C)c2ccccc2)c1. The number of para-hydroxylation sites is 1. The maximum atomic E-state index is 12.7. The lowest BCUT2D eigenvalue weighted by Crippen LogP contribution is -2.27. The molecule has 0 N–H and O–H groups in total. The molecule has 0 bridgehead atoms. The summed E-state index contributed by atoms with van der Waals surface area (Å²) >= 11 is 0. The minimum absolute atomic E-state index is 0.0894. The van der Waals surface area contributed by atoms with Crippen molar-refractivity contribution in [1.29, 1.82) is 0 Å². The number of carbonyl (C=O) groups excluding carboxylic acids is 1. The molecule has 0 saturated heterocycles. The van der Waals surface area contributed by atoms with E-state index in [1.807, 2.05) is 6.07 Å². The van der Waals surface area contributed by atoms with E-state index in [9.17, 15) is 13.2 Å². The van der Waals surface area contributed by atoms with Crippen LogP contribution in [0.15, 0.2) is 59.5 Å². The first-order valence-corrected chi connectivity index (χ1v) is 8.14. The Morgan fingerprint density at radius 1 is 0.909 bits per heavy atom. The Morgan fingerprint density at radius 3 is 2.14 bits per heavy atom. The maximum absolute atomic E-state index is 12.7. The van der Waals surface area contributed by atoms with Crippen molar-refractivity contribution in [2.45, 2.75) is 4.90 Å². The maximum Gasteiger partial charge on any atom is 0.264 e. The van der Waals surface area contributed by atoms with E-state index in [0.29, 0.717) is 11.3 Å². The topological polar surface area (TPSA) is 57.7 Å². The van der Waals surface area contributed by atoms with Crippen molar-refractivity contribution in [3.63, 3.8) is 0 Å². The van der Waals surface area contributed by atoms with Gasteiger partial charge in [-0.15, -0.1) is 0 Å². The summed E-state index contributed by atoms with van der Waals surface area (Å²) in [5.41, 5.74) is 0.902. The zero-order valence-corrected chi connectivity index (χ0v) is 13.5. The second kappa shape index (κ2) is 6.19. The van der Waals surface area contributed by atoms with Gasteiger partial charge < -0.3 is 4.90 Å². The third-order valence-electron chi connectivity index (χ3n) is 3.27. The molecule has 0 atom stereocenters. The van der Waals surface area contributed by atoms with Gasteiger partial charge in [-0.25, -0.2) is 8.42 Å². The number of carbonyl (C=O) groups is 1. The Hall–Kier alpha value is -2.34. The average Bonchev–Trinajstić information content (AvgIpc) is 2.54. The van der Waals surface area contributed by atoms with Gasteiger partial charge in [0, 0.05) is 26.7 Å². The number of sulfonamides is 1. The van der Waals surface area contributed by atoms with Crippen molar-refractivity contribution >= 4 is 21.6 Å². The van der Waals surface area contributed by atoms with Crippen LogP contribution in [0, 0.1) is 0 Å². The largest absolute Gasteiger partial charge is 0.345 e. The first-order valence-electron chi connectivity index (χ1n) is 6.70. The van der Waals surface area contributed by atoms with Crippen molar-refractivity contribution in [2.75, 3.05) is 25.4 Å². The zero-order valence-electron chi connectivity index (χ0n) is 12.7. The normalized spacial score (nSPS) is 11.0. The van der Waals surface area contributed by atoms with Crippen LogP contribution in [0.25, 0.3) is 0 Å². The smallest absolute Gasteiger partial charge is 0.264 e. The van der Waals surface area contributed by atoms with Crippen LogP contribution >= 0.6 is 0 Å². The lowest BCUT2D eigenvalue weighted by atomic mass is 10.2. The van der Waals surface area contributed by atoms with Crippen LogP contribution in [0.3, 0.4) is 0 Å². The summed E-state index contributed by atoms with van der Waals surface area (Å²) in [5.74, 6) is -0.237. The van der Waals surface area contributed by atoms with Gasteiger partial charge >= 0.3 is 0 Å². The van der Waals surface area contributed by atoms with Gasteiger partial charge in [-0.3, -0.25) is 9.10 Å². The molecule has 1 amide bonds. The highest BCUT2D eigenvalue weighted by molar-refractivity contribution is 7.92. The Kier molecular flexibility index (Phi) is 4.51. The number of benzene rings is 2. The molecule has 0 aliphatic carbocycles. The molecule has 0 radical (unpaired) electrons. The van der Waals surface area contributed by atoms with Gasteiger partial charge in [0.25, 0.3) is 15.9 Å². The second-order valence-corrected chi connectivity index (χ2v) is 7.00. The third kappa shape index (κ3) is 3.12. The Labute approximate surface area is 130 Å². The monoisotopic (exact) mass is 318 g/mol. The molecule has 116 valence electrons. The molecule has 6 heteroatoms. The van der Waals surface area contributed by atoms with E-state index in [1.165, 1.54) is 28.4 Å². The highest BCUT2D eigenvalue weighted by atomic mass is 32.2. The van der Waals surface area contributed by atoms with E-state index in [0.717, 1.165) is 0 Å². The molecule has 2 aromatic rings. The molecule has 0 aliphatic heterocycles. The van der Waals surface area contributed by atoms with E-state index in [1.54, 1.807) is 50.5 Å². The van der Waals surface area contributed by atoms with E-state index < -0.39 is 10.0 Å². The quantitative estimate of drug-likeness (QED) is 0.868. The number of hydrogen-bond acceptors (Lipinski definition) is 3. The van der Waals surface area contributed by atoms with Gasteiger partial charge in [-0.05, 0) is 30.3 Å². The highest BCUT2D eigenvalue weighted by Crippen LogP contribution is 2.22. The fourth-order valence-corrected chi connectivity index (χ4v) is 3.22. The third-order valence-corrected chi connectivity index (χ3v) is 5.05. The number of anilines is 1. The van der Waals surface area contributed by atoms with Gasteiger partial charge in [0.15, 0.2) is 0 Å². The van der Waals surface area contributed by atoms with Crippen molar-refractivity contribution in [3.8, 4) is 0 Å². The number of hydrogen-bond donors (Lipinski definition) is 0. The predicted molar refractivity (Wildman–Crippen MR) is 86.5 cm³/mol. The molecule has 2 aromatic carbocycles. The Balaban J connectivity index is 2.42.